The smallest absolute Gasteiger partial charge is 0.214 e. The molecule has 1 saturated heterocycles. The van der Waals surface area contributed by atoms with E-state index in [0.29, 0.717) is 6.54 Å². The zero-order chi connectivity index (χ0) is 11.1. The third-order valence-electron chi connectivity index (χ3n) is 2.57. The fourth-order valence-corrected chi connectivity index (χ4v) is 3.17. The van der Waals surface area contributed by atoms with Crippen molar-refractivity contribution < 1.29 is 8.42 Å². The van der Waals surface area contributed by atoms with Gasteiger partial charge >= 0.3 is 0 Å². The topological polar surface area (TPSA) is 58.2 Å². The molecular formula is C10H20N2O2S. The highest BCUT2D eigenvalue weighted by Crippen LogP contribution is 2.11. The summed E-state index contributed by atoms with van der Waals surface area (Å²) in [6.07, 6.45) is 6.10. The molecule has 5 heteroatoms. The van der Waals surface area contributed by atoms with E-state index in [4.69, 9.17) is 0 Å². The minimum Gasteiger partial charge on any atom is -0.317 e. The standard InChI is InChI=1S/C10H20N2O2S/c1-2-3-4-7-12-15(13,14)10-5-8-11-9-6-10/h2-3,10-12H,4-9H2,1H3/b3-2+. The molecule has 1 aliphatic rings. The number of nitrogens with one attached hydrogen (secondary N) is 2. The van der Waals surface area contributed by atoms with E-state index < -0.39 is 10.0 Å². The number of hydrogen-bond acceptors (Lipinski definition) is 3. The van der Waals surface area contributed by atoms with Crippen molar-refractivity contribution in [2.24, 2.45) is 0 Å². The SMILES string of the molecule is C/C=C/CCNS(=O)(=O)C1CCNCC1. The fraction of sp³-hybridized carbons (Fsp3) is 0.800. The molecule has 1 aliphatic heterocycles. The molecule has 0 aliphatic carbocycles. The zero-order valence-corrected chi connectivity index (χ0v) is 10.0. The van der Waals surface area contributed by atoms with Crippen LogP contribution < -0.4 is 10.0 Å². The molecule has 0 saturated carbocycles. The maximum atomic E-state index is 11.8. The Morgan fingerprint density at radius 2 is 2.07 bits per heavy atom. The predicted octanol–water partition coefficient (Wildman–Crippen LogP) is 0.624. The molecule has 0 atom stereocenters. The molecule has 0 bridgehead atoms. The van der Waals surface area contributed by atoms with Crippen LogP contribution in [0.15, 0.2) is 12.2 Å². The first-order chi connectivity index (χ1) is 7.17. The van der Waals surface area contributed by atoms with Crippen LogP contribution in [0.4, 0.5) is 0 Å². The minimum atomic E-state index is -3.09. The van der Waals surface area contributed by atoms with E-state index in [1.807, 2.05) is 19.1 Å². The van der Waals surface area contributed by atoms with Crippen LogP contribution >= 0.6 is 0 Å². The van der Waals surface area contributed by atoms with E-state index in [0.717, 1.165) is 32.4 Å². The van der Waals surface area contributed by atoms with E-state index in [2.05, 4.69) is 10.0 Å². The Morgan fingerprint density at radius 3 is 2.67 bits per heavy atom. The van der Waals surface area contributed by atoms with Crippen molar-refractivity contribution in [3.05, 3.63) is 12.2 Å². The van der Waals surface area contributed by atoms with Crippen molar-refractivity contribution in [3.63, 3.8) is 0 Å². The van der Waals surface area contributed by atoms with Crippen LogP contribution in [0.1, 0.15) is 26.2 Å². The second kappa shape index (κ2) is 6.25. The van der Waals surface area contributed by atoms with Gasteiger partial charge in [-0.3, -0.25) is 0 Å². The molecular weight excluding hydrogens is 212 g/mol. The van der Waals surface area contributed by atoms with Crippen LogP contribution in [0, 0.1) is 0 Å². The molecule has 1 rings (SSSR count). The van der Waals surface area contributed by atoms with E-state index in [9.17, 15) is 8.42 Å². The Kier molecular flexibility index (Phi) is 5.28. The summed E-state index contributed by atoms with van der Waals surface area (Å²) in [6.45, 7) is 4.05. The maximum absolute atomic E-state index is 11.8. The minimum absolute atomic E-state index is 0.204. The van der Waals surface area contributed by atoms with Gasteiger partial charge in [0.2, 0.25) is 10.0 Å². The van der Waals surface area contributed by atoms with Crippen LogP contribution in [0.25, 0.3) is 0 Å². The molecule has 15 heavy (non-hydrogen) atoms. The highest BCUT2D eigenvalue weighted by molar-refractivity contribution is 7.90. The molecule has 0 unspecified atom stereocenters. The number of sulfonamides is 1. The normalized spacial score (nSPS) is 19.8. The lowest BCUT2D eigenvalue weighted by atomic mass is 10.2. The second-order valence-corrected chi connectivity index (χ2v) is 5.79. The highest BCUT2D eigenvalue weighted by Gasteiger charge is 2.26. The lowest BCUT2D eigenvalue weighted by Crippen LogP contribution is -2.41. The molecule has 0 amide bonds. The Hall–Kier alpha value is -0.390. The third-order valence-corrected chi connectivity index (χ3v) is 4.53. The van der Waals surface area contributed by atoms with Crippen molar-refractivity contribution in [1.29, 1.82) is 0 Å². The maximum Gasteiger partial charge on any atom is 0.214 e. The van der Waals surface area contributed by atoms with Gasteiger partial charge < -0.3 is 5.32 Å². The second-order valence-electron chi connectivity index (χ2n) is 3.75. The largest absolute Gasteiger partial charge is 0.317 e. The molecule has 1 heterocycles. The lowest BCUT2D eigenvalue weighted by molar-refractivity contribution is 0.490. The Balaban J connectivity index is 2.36. The quantitative estimate of drug-likeness (QED) is 0.540. The highest BCUT2D eigenvalue weighted by atomic mass is 32.2. The molecule has 0 aromatic heterocycles. The molecule has 4 nitrogen and oxygen atoms in total. The number of piperidine rings is 1. The summed E-state index contributed by atoms with van der Waals surface area (Å²) >= 11 is 0. The van der Waals surface area contributed by atoms with Crippen molar-refractivity contribution in [1.82, 2.24) is 10.0 Å². The van der Waals surface area contributed by atoms with Crippen LogP contribution in [0.3, 0.4) is 0 Å². The summed E-state index contributed by atoms with van der Waals surface area (Å²) in [4.78, 5) is 0. The van der Waals surface area contributed by atoms with Gasteiger partial charge in [0.1, 0.15) is 0 Å². The molecule has 1 fully saturated rings. The molecule has 0 radical (unpaired) electrons. The number of hydrogen-bond donors (Lipinski definition) is 2. The fourth-order valence-electron chi connectivity index (χ4n) is 1.67. The van der Waals surface area contributed by atoms with Gasteiger partial charge in [0, 0.05) is 6.54 Å². The van der Waals surface area contributed by atoms with Crippen molar-refractivity contribution in [2.45, 2.75) is 31.4 Å². The van der Waals surface area contributed by atoms with Gasteiger partial charge in [-0.25, -0.2) is 13.1 Å². The summed E-state index contributed by atoms with van der Waals surface area (Å²) in [5.41, 5.74) is 0. The summed E-state index contributed by atoms with van der Waals surface area (Å²) in [6, 6.07) is 0. The lowest BCUT2D eigenvalue weighted by Gasteiger charge is -2.22. The van der Waals surface area contributed by atoms with Gasteiger partial charge in [0.05, 0.1) is 5.25 Å². The first-order valence-corrected chi connectivity index (χ1v) is 7.02. The van der Waals surface area contributed by atoms with E-state index in [1.165, 1.54) is 0 Å². The van der Waals surface area contributed by atoms with Gasteiger partial charge in [0.15, 0.2) is 0 Å². The Morgan fingerprint density at radius 1 is 1.40 bits per heavy atom. The first kappa shape index (κ1) is 12.7. The summed E-state index contributed by atoms with van der Waals surface area (Å²) in [5, 5.41) is 2.96. The van der Waals surface area contributed by atoms with Crippen LogP contribution in [0.2, 0.25) is 0 Å². The van der Waals surface area contributed by atoms with E-state index >= 15 is 0 Å². The molecule has 0 aromatic carbocycles. The summed E-state index contributed by atoms with van der Waals surface area (Å²) in [5.74, 6) is 0. The van der Waals surface area contributed by atoms with Crippen molar-refractivity contribution >= 4 is 10.0 Å². The Bertz CT molecular complexity index is 293. The number of allylic oxidation sites excluding steroid dienone is 1. The van der Waals surface area contributed by atoms with Gasteiger partial charge in [-0.15, -0.1) is 0 Å². The van der Waals surface area contributed by atoms with Gasteiger partial charge in [0.25, 0.3) is 0 Å². The Labute approximate surface area is 92.2 Å². The average Bonchev–Trinajstić information content (AvgIpc) is 2.26. The van der Waals surface area contributed by atoms with Crippen LogP contribution in [0.5, 0.6) is 0 Å². The first-order valence-electron chi connectivity index (χ1n) is 5.47. The predicted molar refractivity (Wildman–Crippen MR) is 62.2 cm³/mol. The number of rotatable bonds is 5. The monoisotopic (exact) mass is 232 g/mol. The zero-order valence-electron chi connectivity index (χ0n) is 9.20. The van der Waals surface area contributed by atoms with Crippen LogP contribution in [-0.2, 0) is 10.0 Å². The summed E-state index contributed by atoms with van der Waals surface area (Å²) in [7, 11) is -3.09. The van der Waals surface area contributed by atoms with Crippen molar-refractivity contribution in [3.8, 4) is 0 Å². The molecule has 0 spiro atoms. The van der Waals surface area contributed by atoms with Crippen LogP contribution in [-0.4, -0.2) is 33.3 Å². The van der Waals surface area contributed by atoms with E-state index in [-0.39, 0.29) is 5.25 Å². The molecule has 0 aromatic rings. The van der Waals surface area contributed by atoms with Gasteiger partial charge in [-0.2, -0.15) is 0 Å². The summed E-state index contributed by atoms with van der Waals surface area (Å²) < 4.78 is 26.2. The van der Waals surface area contributed by atoms with Crippen molar-refractivity contribution in [2.75, 3.05) is 19.6 Å². The molecule has 88 valence electrons. The third kappa shape index (κ3) is 4.32. The van der Waals surface area contributed by atoms with Gasteiger partial charge in [-0.1, -0.05) is 12.2 Å². The van der Waals surface area contributed by atoms with E-state index in [1.54, 1.807) is 0 Å². The van der Waals surface area contributed by atoms with Gasteiger partial charge in [-0.05, 0) is 39.3 Å². The average molecular weight is 232 g/mol. The molecule has 2 N–H and O–H groups in total.